The third-order valence-electron chi connectivity index (χ3n) is 3.16. The summed E-state index contributed by atoms with van der Waals surface area (Å²) >= 11 is 0. The lowest BCUT2D eigenvalue weighted by atomic mass is 10.1. The van der Waals surface area contributed by atoms with E-state index >= 15 is 0 Å². The summed E-state index contributed by atoms with van der Waals surface area (Å²) in [5, 5.41) is 13.0. The van der Waals surface area contributed by atoms with Crippen molar-refractivity contribution in [1.29, 1.82) is 0 Å². The van der Waals surface area contributed by atoms with Crippen molar-refractivity contribution in [3.8, 4) is 0 Å². The van der Waals surface area contributed by atoms with Gasteiger partial charge in [0.15, 0.2) is 0 Å². The van der Waals surface area contributed by atoms with E-state index in [1.165, 1.54) is 18.2 Å². The number of nitrogens with two attached hydrogens (primary N) is 2. The Kier molecular flexibility index (Phi) is 3.40. The van der Waals surface area contributed by atoms with Gasteiger partial charge in [0, 0.05) is 13.0 Å². The molecule has 1 aromatic rings. The Bertz CT molecular complexity index is 685. The van der Waals surface area contributed by atoms with Crippen LogP contribution >= 0.6 is 0 Å². The third-order valence-corrected chi connectivity index (χ3v) is 4.40. The molecule has 1 unspecified atom stereocenters. The maximum absolute atomic E-state index is 11.9. The number of carboxylic acids is 1. The highest BCUT2D eigenvalue weighted by Crippen LogP contribution is 2.31. The van der Waals surface area contributed by atoms with Gasteiger partial charge in [-0.3, -0.25) is 4.79 Å². The maximum atomic E-state index is 11.9. The molecule has 1 amide bonds. The van der Waals surface area contributed by atoms with Crippen LogP contribution in [0.3, 0.4) is 0 Å². The number of hydrogen-bond donors (Lipinski definition) is 3. The van der Waals surface area contributed by atoms with E-state index in [-0.39, 0.29) is 29.9 Å². The van der Waals surface area contributed by atoms with Crippen LogP contribution in [0.25, 0.3) is 0 Å². The molecule has 0 radical (unpaired) electrons. The van der Waals surface area contributed by atoms with E-state index in [0.29, 0.717) is 0 Å². The van der Waals surface area contributed by atoms with E-state index < -0.39 is 27.1 Å². The maximum Gasteiger partial charge on any atom is 0.337 e. The molecule has 1 heterocycles. The van der Waals surface area contributed by atoms with Crippen LogP contribution in [-0.4, -0.2) is 37.2 Å². The summed E-state index contributed by atoms with van der Waals surface area (Å²) < 4.78 is 22.6. The Labute approximate surface area is 115 Å². The Balaban J connectivity index is 2.41. The van der Waals surface area contributed by atoms with E-state index in [0.717, 1.165) is 4.90 Å². The minimum atomic E-state index is -3.84. The topological polar surface area (TPSA) is 144 Å². The van der Waals surface area contributed by atoms with Crippen molar-refractivity contribution in [3.63, 3.8) is 0 Å². The first-order chi connectivity index (χ1) is 9.21. The second kappa shape index (κ2) is 4.76. The zero-order chi connectivity index (χ0) is 15.1. The molecule has 2 rings (SSSR count). The average Bonchev–Trinajstić information content (AvgIpc) is 2.71. The number of amides is 1. The second-order valence-corrected chi connectivity index (χ2v) is 6.31. The van der Waals surface area contributed by atoms with Gasteiger partial charge in [-0.1, -0.05) is 6.07 Å². The number of anilines is 2. The molecule has 0 aliphatic carbocycles. The number of benzene rings is 1. The van der Waals surface area contributed by atoms with Crippen LogP contribution in [0, 0.1) is 0 Å². The lowest BCUT2D eigenvalue weighted by molar-refractivity contribution is -0.117. The fraction of sp³-hybridized carbons (Fsp3) is 0.273. The first-order valence-corrected chi connectivity index (χ1v) is 7.26. The molecule has 108 valence electrons. The van der Waals surface area contributed by atoms with E-state index in [4.69, 9.17) is 16.0 Å². The first-order valence-electron chi connectivity index (χ1n) is 5.65. The van der Waals surface area contributed by atoms with Gasteiger partial charge in [-0.2, -0.15) is 0 Å². The van der Waals surface area contributed by atoms with Crippen molar-refractivity contribution in [2.24, 2.45) is 5.14 Å². The quantitative estimate of drug-likeness (QED) is 0.633. The molecule has 1 aromatic carbocycles. The number of nitrogens with zero attached hydrogens (tertiary/aromatic N) is 1. The van der Waals surface area contributed by atoms with Gasteiger partial charge in [-0.25, -0.2) is 18.4 Å². The summed E-state index contributed by atoms with van der Waals surface area (Å²) in [5.74, 6) is -1.68. The number of hydrogen-bond acceptors (Lipinski definition) is 5. The Hall–Kier alpha value is -2.13. The summed E-state index contributed by atoms with van der Waals surface area (Å²) in [5.41, 5.74) is 5.68. The van der Waals surface area contributed by atoms with Crippen molar-refractivity contribution < 1.29 is 23.1 Å². The Morgan fingerprint density at radius 3 is 2.55 bits per heavy atom. The molecule has 0 saturated carbocycles. The van der Waals surface area contributed by atoms with Gasteiger partial charge in [0.05, 0.1) is 16.9 Å². The lowest BCUT2D eigenvalue weighted by Crippen LogP contribution is -2.32. The second-order valence-electron chi connectivity index (χ2n) is 4.46. The van der Waals surface area contributed by atoms with Gasteiger partial charge in [-0.15, -0.1) is 0 Å². The van der Waals surface area contributed by atoms with Gasteiger partial charge in [0.1, 0.15) is 5.25 Å². The minimum Gasteiger partial charge on any atom is -0.478 e. The molecule has 1 aliphatic heterocycles. The molecule has 1 atom stereocenters. The molecule has 0 bridgehead atoms. The molecule has 20 heavy (non-hydrogen) atoms. The van der Waals surface area contributed by atoms with Crippen LogP contribution in [0.2, 0.25) is 0 Å². The fourth-order valence-corrected chi connectivity index (χ4v) is 2.83. The number of primary sulfonamides is 1. The molecule has 8 nitrogen and oxygen atoms in total. The summed E-state index contributed by atoms with van der Waals surface area (Å²) in [6.45, 7) is -0.134. The normalized spacial score (nSPS) is 19.4. The van der Waals surface area contributed by atoms with Crippen molar-refractivity contribution in [3.05, 3.63) is 23.8 Å². The Morgan fingerprint density at radius 2 is 2.05 bits per heavy atom. The van der Waals surface area contributed by atoms with Gasteiger partial charge < -0.3 is 15.7 Å². The van der Waals surface area contributed by atoms with Gasteiger partial charge in [-0.05, 0) is 12.1 Å². The summed E-state index contributed by atoms with van der Waals surface area (Å²) in [4.78, 5) is 24.0. The van der Waals surface area contributed by atoms with Crippen molar-refractivity contribution >= 4 is 33.3 Å². The summed E-state index contributed by atoms with van der Waals surface area (Å²) in [6, 6.07) is 4.21. The monoisotopic (exact) mass is 299 g/mol. The van der Waals surface area contributed by atoms with Crippen LogP contribution in [-0.2, 0) is 14.8 Å². The van der Waals surface area contributed by atoms with Crippen LogP contribution in [0.5, 0.6) is 0 Å². The average molecular weight is 299 g/mol. The number of carbonyl (C=O) groups is 2. The van der Waals surface area contributed by atoms with Crippen LogP contribution in [0.1, 0.15) is 16.8 Å². The van der Waals surface area contributed by atoms with E-state index in [1.54, 1.807) is 0 Å². The number of rotatable bonds is 3. The molecule has 9 heteroatoms. The highest BCUT2D eigenvalue weighted by Gasteiger charge is 2.38. The van der Waals surface area contributed by atoms with Gasteiger partial charge >= 0.3 is 5.97 Å². The smallest absolute Gasteiger partial charge is 0.337 e. The zero-order valence-corrected chi connectivity index (χ0v) is 11.1. The van der Waals surface area contributed by atoms with Crippen molar-refractivity contribution in [1.82, 2.24) is 0 Å². The van der Waals surface area contributed by atoms with Gasteiger partial charge in [0.25, 0.3) is 0 Å². The fourth-order valence-electron chi connectivity index (χ4n) is 2.10. The van der Waals surface area contributed by atoms with E-state index in [1.807, 2.05) is 0 Å². The molecule has 1 fully saturated rings. The number of carboxylic acid groups (broad SMARTS) is 1. The number of carbonyl (C=O) groups excluding carboxylic acids is 1. The molecular formula is C11H13N3O5S. The zero-order valence-electron chi connectivity index (χ0n) is 10.3. The van der Waals surface area contributed by atoms with Crippen molar-refractivity contribution in [2.45, 2.75) is 11.7 Å². The third kappa shape index (κ3) is 2.45. The lowest BCUT2D eigenvalue weighted by Gasteiger charge is -2.19. The largest absolute Gasteiger partial charge is 0.478 e. The molecular weight excluding hydrogens is 286 g/mol. The minimum absolute atomic E-state index is 0.0802. The van der Waals surface area contributed by atoms with Crippen LogP contribution in [0.15, 0.2) is 18.2 Å². The SMILES string of the molecule is Nc1c(C(=O)O)cccc1N1CC(S(N)(=O)=O)CC1=O. The highest BCUT2D eigenvalue weighted by atomic mass is 32.2. The Morgan fingerprint density at radius 1 is 1.40 bits per heavy atom. The highest BCUT2D eigenvalue weighted by molar-refractivity contribution is 7.89. The molecule has 0 spiro atoms. The number of sulfonamides is 1. The molecule has 5 N–H and O–H groups in total. The van der Waals surface area contributed by atoms with Crippen LogP contribution in [0.4, 0.5) is 11.4 Å². The molecule has 0 aromatic heterocycles. The number of para-hydroxylation sites is 1. The molecule has 1 aliphatic rings. The van der Waals surface area contributed by atoms with E-state index in [2.05, 4.69) is 0 Å². The number of aromatic carboxylic acids is 1. The summed E-state index contributed by atoms with van der Waals surface area (Å²) in [7, 11) is -3.84. The predicted octanol–water partition coefficient (Wildman–Crippen LogP) is -0.639. The number of nitrogen functional groups attached to an aromatic ring is 1. The predicted molar refractivity (Wildman–Crippen MR) is 71.7 cm³/mol. The summed E-state index contributed by atoms with van der Waals surface area (Å²) in [6.07, 6.45) is -0.241. The van der Waals surface area contributed by atoms with Gasteiger partial charge in [0.2, 0.25) is 15.9 Å². The van der Waals surface area contributed by atoms with Crippen molar-refractivity contribution in [2.75, 3.05) is 17.2 Å². The first kappa shape index (κ1) is 14.3. The van der Waals surface area contributed by atoms with E-state index in [9.17, 15) is 18.0 Å². The standard InChI is InChI=1S/C11H13N3O5S/c12-10-7(11(16)17)2-1-3-8(10)14-5-6(4-9(14)15)20(13,18)19/h1-3,6H,4-5,12H2,(H,16,17)(H2,13,18,19). The van der Waals surface area contributed by atoms with Crippen LogP contribution < -0.4 is 15.8 Å². The molecule has 1 saturated heterocycles.